The predicted molar refractivity (Wildman–Crippen MR) is 171 cm³/mol. The van der Waals surface area contributed by atoms with Crippen molar-refractivity contribution in [3.8, 4) is 11.5 Å². The Morgan fingerprint density at radius 2 is 1.74 bits per heavy atom. The Kier molecular flexibility index (Phi) is 9.79. The highest BCUT2D eigenvalue weighted by atomic mass is 35.5. The highest BCUT2D eigenvalue weighted by Gasteiger charge is 2.37. The van der Waals surface area contributed by atoms with Crippen LogP contribution in [0.2, 0.25) is 10.0 Å². The summed E-state index contributed by atoms with van der Waals surface area (Å²) in [6, 6.07) is 8.19. The molecule has 2 heterocycles. The summed E-state index contributed by atoms with van der Waals surface area (Å²) in [5, 5.41) is 6.18. The van der Waals surface area contributed by atoms with Crippen molar-refractivity contribution in [2.24, 2.45) is 0 Å². The molecule has 13 heteroatoms. The summed E-state index contributed by atoms with van der Waals surface area (Å²) in [5.74, 6) is 0.801. The third-order valence-corrected chi connectivity index (χ3v) is 7.08. The topological polar surface area (TPSA) is 112 Å². The molecule has 1 aliphatic rings. The number of carbonyl (C=O) groups excluding carboxylic acids is 2. The van der Waals surface area contributed by atoms with Gasteiger partial charge in [0.15, 0.2) is 0 Å². The molecule has 0 aliphatic carbocycles. The molecule has 2 aromatic carbocycles. The second kappa shape index (κ2) is 13.5. The molecule has 3 aromatic rings. The lowest BCUT2D eigenvalue weighted by atomic mass is 10.1. The van der Waals surface area contributed by atoms with Gasteiger partial charge in [-0.05, 0) is 23.8 Å². The van der Waals surface area contributed by atoms with Crippen LogP contribution in [0.25, 0.3) is 0 Å². The van der Waals surface area contributed by atoms with Crippen LogP contribution in [0.1, 0.15) is 5.56 Å². The zero-order chi connectivity index (χ0) is 31.3. The molecule has 4 rings (SSSR count). The van der Waals surface area contributed by atoms with Crippen molar-refractivity contribution in [3.05, 3.63) is 89.2 Å². The molecule has 3 amide bonds. The Bertz CT molecular complexity index is 1580. The number of rotatable bonds is 11. The smallest absolute Gasteiger partial charge is 0.330 e. The van der Waals surface area contributed by atoms with E-state index in [1.165, 1.54) is 30.1 Å². The van der Waals surface area contributed by atoms with Crippen LogP contribution in [0.5, 0.6) is 11.5 Å². The fourth-order valence-corrected chi connectivity index (χ4v) is 5.09. The van der Waals surface area contributed by atoms with E-state index in [0.29, 0.717) is 34.3 Å². The van der Waals surface area contributed by atoms with Crippen molar-refractivity contribution in [1.29, 1.82) is 0 Å². The van der Waals surface area contributed by atoms with E-state index in [9.17, 15) is 9.59 Å². The van der Waals surface area contributed by atoms with E-state index in [2.05, 4.69) is 28.8 Å². The number of urea groups is 1. The van der Waals surface area contributed by atoms with Gasteiger partial charge in [0, 0.05) is 38.1 Å². The second-order valence-corrected chi connectivity index (χ2v) is 10.2. The number of anilines is 5. The molecule has 11 nitrogen and oxygen atoms in total. The largest absolute Gasteiger partial charge is 0.495 e. The number of para-hydroxylation sites is 2. The summed E-state index contributed by atoms with van der Waals surface area (Å²) in [6.45, 7) is 7.60. The zero-order valence-electron chi connectivity index (χ0n) is 24.1. The number of nitrogens with one attached hydrogen (secondary N) is 2. The normalized spacial score (nSPS) is 12.8. The first kappa shape index (κ1) is 31.2. The van der Waals surface area contributed by atoms with E-state index in [0.717, 1.165) is 5.57 Å². The lowest BCUT2D eigenvalue weighted by Crippen LogP contribution is -2.49. The van der Waals surface area contributed by atoms with Gasteiger partial charge in [0.25, 0.3) is 0 Å². The minimum atomic E-state index is -0.443. The fraction of sp³-hybridized carbons (Fsp3) is 0.200. The maximum Gasteiger partial charge on any atom is 0.330 e. The predicted octanol–water partition coefficient (Wildman–Crippen LogP) is 6.25. The average molecular weight is 625 g/mol. The number of ether oxygens (including phenoxy) is 2. The average Bonchev–Trinajstić information content (AvgIpc) is 2.99. The molecule has 224 valence electrons. The standard InChI is InChI=1S/C30H31Cl2N7O4/c1-7-18(15-37(3)4)16-39-28-19(14-33-29(36-28)35-21-12-10-9-11-20(21)34-24(40)8-2)17-38(30(39)41)27-25(31)22(42-5)13-23(43-6)26(27)32/h7-15H,1-2,16-17H2,3-6H3,(H,34,40)(H,33,35,36)/b18-15+. The summed E-state index contributed by atoms with van der Waals surface area (Å²) in [5.41, 5.74) is 2.66. The van der Waals surface area contributed by atoms with Crippen LogP contribution in [-0.4, -0.2) is 61.7 Å². The number of carbonyl (C=O) groups is 2. The minimum Gasteiger partial charge on any atom is -0.495 e. The molecular formula is C30H31Cl2N7O4. The first-order chi connectivity index (χ1) is 20.6. The number of halogens is 2. The number of fused-ring (bicyclic) bond motifs is 1. The van der Waals surface area contributed by atoms with Crippen molar-refractivity contribution in [3.63, 3.8) is 0 Å². The van der Waals surface area contributed by atoms with Crippen molar-refractivity contribution < 1.29 is 19.1 Å². The Hall–Kier alpha value is -4.74. The van der Waals surface area contributed by atoms with Crippen LogP contribution in [-0.2, 0) is 11.3 Å². The lowest BCUT2D eigenvalue weighted by Gasteiger charge is -2.37. The summed E-state index contributed by atoms with van der Waals surface area (Å²) < 4.78 is 10.9. The Balaban J connectivity index is 1.82. The van der Waals surface area contributed by atoms with Gasteiger partial charge < -0.3 is 25.0 Å². The zero-order valence-corrected chi connectivity index (χ0v) is 25.7. The van der Waals surface area contributed by atoms with Gasteiger partial charge in [-0.15, -0.1) is 0 Å². The molecular weight excluding hydrogens is 593 g/mol. The van der Waals surface area contributed by atoms with Crippen LogP contribution in [0.3, 0.4) is 0 Å². The molecule has 0 unspecified atom stereocenters. The van der Waals surface area contributed by atoms with Crippen molar-refractivity contribution in [1.82, 2.24) is 14.9 Å². The van der Waals surface area contributed by atoms with Crippen molar-refractivity contribution in [2.75, 3.05) is 55.3 Å². The molecule has 43 heavy (non-hydrogen) atoms. The van der Waals surface area contributed by atoms with E-state index < -0.39 is 6.03 Å². The molecule has 0 saturated carbocycles. The van der Waals surface area contributed by atoms with Crippen LogP contribution in [0.4, 0.5) is 33.6 Å². The van der Waals surface area contributed by atoms with E-state index in [1.54, 1.807) is 42.6 Å². The molecule has 1 aliphatic heterocycles. The van der Waals surface area contributed by atoms with Crippen molar-refractivity contribution in [2.45, 2.75) is 6.54 Å². The molecule has 0 bridgehead atoms. The number of amides is 3. The number of benzene rings is 2. The Morgan fingerprint density at radius 1 is 1.09 bits per heavy atom. The Morgan fingerprint density at radius 3 is 2.33 bits per heavy atom. The van der Waals surface area contributed by atoms with Crippen LogP contribution in [0, 0.1) is 0 Å². The highest BCUT2D eigenvalue weighted by molar-refractivity contribution is 6.42. The first-order valence-corrected chi connectivity index (χ1v) is 13.7. The molecule has 0 saturated heterocycles. The van der Waals surface area contributed by atoms with E-state index in [4.69, 9.17) is 37.7 Å². The summed E-state index contributed by atoms with van der Waals surface area (Å²) in [6.07, 6.45) is 6.31. The first-order valence-electron chi connectivity index (χ1n) is 13.0. The highest BCUT2D eigenvalue weighted by Crippen LogP contribution is 2.48. The van der Waals surface area contributed by atoms with Gasteiger partial charge in [-0.2, -0.15) is 4.98 Å². The van der Waals surface area contributed by atoms with Gasteiger partial charge in [-0.1, -0.05) is 54.6 Å². The summed E-state index contributed by atoms with van der Waals surface area (Å²) >= 11 is 13.4. The van der Waals surface area contributed by atoms with Crippen molar-refractivity contribution >= 4 is 64.0 Å². The van der Waals surface area contributed by atoms with Gasteiger partial charge in [0.05, 0.1) is 44.4 Å². The maximum absolute atomic E-state index is 14.2. The van der Waals surface area contributed by atoms with Gasteiger partial charge in [-0.25, -0.2) is 9.78 Å². The molecule has 2 N–H and O–H groups in total. The van der Waals surface area contributed by atoms with Crippen LogP contribution in [0.15, 0.2) is 73.6 Å². The monoisotopic (exact) mass is 623 g/mol. The number of methoxy groups -OCH3 is 2. The molecule has 0 atom stereocenters. The third-order valence-electron chi connectivity index (χ3n) is 6.35. The van der Waals surface area contributed by atoms with Crippen LogP contribution < -0.4 is 29.9 Å². The van der Waals surface area contributed by atoms with E-state index in [1.807, 2.05) is 25.2 Å². The fourth-order valence-electron chi connectivity index (χ4n) is 4.38. The molecule has 0 spiro atoms. The van der Waals surface area contributed by atoms with Gasteiger partial charge in [0.2, 0.25) is 11.9 Å². The van der Waals surface area contributed by atoms with Gasteiger partial charge in [-0.3, -0.25) is 14.6 Å². The summed E-state index contributed by atoms with van der Waals surface area (Å²) in [7, 11) is 6.67. The molecule has 1 aromatic heterocycles. The molecule has 0 fully saturated rings. The number of hydrogen-bond acceptors (Lipinski definition) is 8. The van der Waals surface area contributed by atoms with E-state index >= 15 is 0 Å². The minimum absolute atomic E-state index is 0.0630. The van der Waals surface area contributed by atoms with Crippen LogP contribution >= 0.6 is 23.2 Å². The SMILES string of the molecule is C=CC(=O)Nc1ccccc1Nc1ncc2c(n1)N(C/C(C=C)=C/N(C)C)C(=O)N(c1c(Cl)c(OC)cc(OC)c1Cl)C2. The molecule has 0 radical (unpaired) electrons. The quantitative estimate of drug-likeness (QED) is 0.190. The van der Waals surface area contributed by atoms with Gasteiger partial charge in [0.1, 0.15) is 27.4 Å². The third kappa shape index (κ3) is 6.68. The van der Waals surface area contributed by atoms with E-state index in [-0.39, 0.29) is 40.7 Å². The number of aromatic nitrogens is 2. The summed E-state index contributed by atoms with van der Waals surface area (Å²) in [4.78, 5) is 40.2. The maximum atomic E-state index is 14.2. The Labute approximate surface area is 260 Å². The number of hydrogen-bond donors (Lipinski definition) is 2. The number of nitrogens with zero attached hydrogens (tertiary/aromatic N) is 5. The second-order valence-electron chi connectivity index (χ2n) is 9.49. The van der Waals surface area contributed by atoms with Gasteiger partial charge >= 0.3 is 6.03 Å². The lowest BCUT2D eigenvalue weighted by molar-refractivity contribution is -0.111.